The molecule has 5 nitrogen and oxygen atoms in total. The van der Waals surface area contributed by atoms with Crippen LogP contribution in [0.1, 0.15) is 5.56 Å². The van der Waals surface area contributed by atoms with Crippen molar-refractivity contribution in [1.82, 2.24) is 4.72 Å². The summed E-state index contributed by atoms with van der Waals surface area (Å²) < 4.78 is 23.9. The number of anilines is 1. The van der Waals surface area contributed by atoms with E-state index in [9.17, 15) is 13.5 Å². The lowest BCUT2D eigenvalue weighted by Crippen LogP contribution is -2.27. The van der Waals surface area contributed by atoms with Gasteiger partial charge in [-0.25, -0.2) is 13.1 Å². The maximum atomic E-state index is 10.8. The Labute approximate surface area is 106 Å². The summed E-state index contributed by atoms with van der Waals surface area (Å²) in [4.78, 5) is 0. The monoisotopic (exact) mass is 278 g/mol. The maximum absolute atomic E-state index is 10.8. The molecule has 0 heterocycles. The predicted molar refractivity (Wildman–Crippen MR) is 69.2 cm³/mol. The molecular weight excluding hydrogens is 264 g/mol. The van der Waals surface area contributed by atoms with Crippen LogP contribution in [-0.4, -0.2) is 32.9 Å². The smallest absolute Gasteiger partial charge is 0.208 e. The lowest BCUT2D eigenvalue weighted by Gasteiger charge is -2.10. The summed E-state index contributed by atoms with van der Waals surface area (Å²) in [5.74, 6) is 0.0349. The number of hydrogen-bond donors (Lipinski definition) is 3. The van der Waals surface area contributed by atoms with Crippen molar-refractivity contribution >= 4 is 27.3 Å². The van der Waals surface area contributed by atoms with E-state index in [1.807, 2.05) is 0 Å². The second kappa shape index (κ2) is 5.57. The number of hydrogen-bond acceptors (Lipinski definition) is 4. The van der Waals surface area contributed by atoms with Crippen LogP contribution >= 0.6 is 11.6 Å². The summed E-state index contributed by atoms with van der Waals surface area (Å²) in [5.41, 5.74) is 1.26. The summed E-state index contributed by atoms with van der Waals surface area (Å²) >= 11 is 5.92. The highest BCUT2D eigenvalue weighted by molar-refractivity contribution is 7.88. The SMILES string of the molecule is Cc1ccc(NCCNS(C)(=O)=O)c(Cl)c1O. The summed E-state index contributed by atoms with van der Waals surface area (Å²) in [6, 6.07) is 3.46. The molecule has 0 aromatic heterocycles. The first kappa shape index (κ1) is 14.1. The van der Waals surface area contributed by atoms with E-state index < -0.39 is 10.0 Å². The lowest BCUT2D eigenvalue weighted by atomic mass is 10.2. The lowest BCUT2D eigenvalue weighted by molar-refractivity contribution is 0.471. The van der Waals surface area contributed by atoms with Crippen molar-refractivity contribution in [3.8, 4) is 5.75 Å². The average molecular weight is 279 g/mol. The van der Waals surface area contributed by atoms with Gasteiger partial charge in [-0.2, -0.15) is 0 Å². The molecule has 0 saturated carbocycles. The van der Waals surface area contributed by atoms with Crippen LogP contribution in [0.2, 0.25) is 5.02 Å². The van der Waals surface area contributed by atoms with Gasteiger partial charge in [-0.15, -0.1) is 0 Å². The molecule has 0 atom stereocenters. The predicted octanol–water partition coefficient (Wildman–Crippen LogP) is 1.32. The third-order valence-electron chi connectivity index (χ3n) is 2.12. The molecule has 1 rings (SSSR count). The van der Waals surface area contributed by atoms with Crippen molar-refractivity contribution in [3.63, 3.8) is 0 Å². The number of aryl methyl sites for hydroxylation is 1. The number of sulfonamides is 1. The van der Waals surface area contributed by atoms with E-state index in [0.29, 0.717) is 17.8 Å². The molecule has 1 aromatic rings. The number of halogens is 1. The Morgan fingerprint density at radius 1 is 1.35 bits per heavy atom. The van der Waals surface area contributed by atoms with Gasteiger partial charge in [-0.3, -0.25) is 0 Å². The maximum Gasteiger partial charge on any atom is 0.208 e. The van der Waals surface area contributed by atoms with Crippen molar-refractivity contribution < 1.29 is 13.5 Å². The largest absolute Gasteiger partial charge is 0.506 e. The fourth-order valence-electron chi connectivity index (χ4n) is 1.23. The van der Waals surface area contributed by atoms with Gasteiger partial charge >= 0.3 is 0 Å². The highest BCUT2D eigenvalue weighted by Gasteiger charge is 2.07. The van der Waals surface area contributed by atoms with E-state index in [2.05, 4.69) is 10.0 Å². The van der Waals surface area contributed by atoms with E-state index >= 15 is 0 Å². The molecule has 3 N–H and O–H groups in total. The highest BCUT2D eigenvalue weighted by Crippen LogP contribution is 2.33. The van der Waals surface area contributed by atoms with Crippen LogP contribution in [0.3, 0.4) is 0 Å². The standard InChI is InChI=1S/C10H15ClN2O3S/c1-7-3-4-8(9(11)10(7)14)12-5-6-13-17(2,15)16/h3-4,12-14H,5-6H2,1-2H3. The highest BCUT2D eigenvalue weighted by atomic mass is 35.5. The molecule has 0 bridgehead atoms. The van der Waals surface area contributed by atoms with Crippen LogP contribution < -0.4 is 10.0 Å². The molecule has 0 aliphatic heterocycles. The normalized spacial score (nSPS) is 11.5. The Bertz CT molecular complexity index is 503. The summed E-state index contributed by atoms with van der Waals surface area (Å²) in [5, 5.41) is 12.8. The molecule has 17 heavy (non-hydrogen) atoms. The van der Waals surface area contributed by atoms with Gasteiger partial charge in [0, 0.05) is 13.1 Å². The van der Waals surface area contributed by atoms with Crippen LogP contribution in [0, 0.1) is 6.92 Å². The Kier molecular flexibility index (Phi) is 4.62. The van der Waals surface area contributed by atoms with E-state index in [0.717, 1.165) is 6.26 Å². The average Bonchev–Trinajstić information content (AvgIpc) is 2.22. The Hall–Kier alpha value is -0.980. The molecule has 0 spiro atoms. The molecular formula is C10H15ClN2O3S. The molecule has 0 fully saturated rings. The topological polar surface area (TPSA) is 78.4 Å². The summed E-state index contributed by atoms with van der Waals surface area (Å²) in [6.45, 7) is 2.38. The number of aromatic hydroxyl groups is 1. The summed E-state index contributed by atoms with van der Waals surface area (Å²) in [7, 11) is -3.18. The van der Waals surface area contributed by atoms with Crippen molar-refractivity contribution in [3.05, 3.63) is 22.7 Å². The van der Waals surface area contributed by atoms with Crippen LogP contribution in [-0.2, 0) is 10.0 Å². The van der Waals surface area contributed by atoms with Crippen molar-refractivity contribution in [1.29, 1.82) is 0 Å². The van der Waals surface area contributed by atoms with Crippen LogP contribution in [0.15, 0.2) is 12.1 Å². The second-order valence-corrected chi connectivity index (χ2v) is 5.90. The molecule has 1 aromatic carbocycles. The first-order valence-corrected chi connectivity index (χ1v) is 7.25. The zero-order chi connectivity index (χ0) is 13.1. The number of phenols is 1. The quantitative estimate of drug-likeness (QED) is 0.710. The van der Waals surface area contributed by atoms with Gasteiger partial charge < -0.3 is 10.4 Å². The van der Waals surface area contributed by atoms with Gasteiger partial charge in [0.25, 0.3) is 0 Å². The molecule has 0 aliphatic rings. The zero-order valence-electron chi connectivity index (χ0n) is 9.62. The minimum Gasteiger partial charge on any atom is -0.506 e. The third kappa shape index (κ3) is 4.41. The van der Waals surface area contributed by atoms with Crippen molar-refractivity contribution in [2.24, 2.45) is 0 Å². The second-order valence-electron chi connectivity index (χ2n) is 3.69. The van der Waals surface area contributed by atoms with Gasteiger partial charge in [-0.05, 0) is 18.6 Å². The fraction of sp³-hybridized carbons (Fsp3) is 0.400. The Balaban J connectivity index is 2.56. The minimum atomic E-state index is -3.18. The molecule has 0 saturated heterocycles. The Morgan fingerprint density at radius 3 is 2.59 bits per heavy atom. The van der Waals surface area contributed by atoms with E-state index in [-0.39, 0.29) is 17.3 Å². The zero-order valence-corrected chi connectivity index (χ0v) is 11.2. The van der Waals surface area contributed by atoms with Gasteiger partial charge in [0.2, 0.25) is 10.0 Å². The molecule has 96 valence electrons. The Morgan fingerprint density at radius 2 is 2.00 bits per heavy atom. The van der Waals surface area contributed by atoms with E-state index in [1.54, 1.807) is 19.1 Å². The van der Waals surface area contributed by atoms with Crippen molar-refractivity contribution in [2.75, 3.05) is 24.7 Å². The molecule has 0 aliphatic carbocycles. The van der Waals surface area contributed by atoms with Crippen molar-refractivity contribution in [2.45, 2.75) is 6.92 Å². The molecule has 7 heteroatoms. The van der Waals surface area contributed by atoms with E-state index in [1.165, 1.54) is 0 Å². The molecule has 0 amide bonds. The third-order valence-corrected chi connectivity index (χ3v) is 3.23. The summed E-state index contributed by atoms with van der Waals surface area (Å²) in [6.07, 6.45) is 1.09. The fourth-order valence-corrected chi connectivity index (χ4v) is 1.98. The number of rotatable bonds is 5. The van der Waals surface area contributed by atoms with Gasteiger partial charge in [-0.1, -0.05) is 17.7 Å². The van der Waals surface area contributed by atoms with E-state index in [4.69, 9.17) is 11.6 Å². The van der Waals surface area contributed by atoms with Crippen LogP contribution in [0.4, 0.5) is 5.69 Å². The molecule has 0 radical (unpaired) electrons. The number of phenolic OH excluding ortho intramolecular Hbond substituents is 1. The van der Waals surface area contributed by atoms with Crippen LogP contribution in [0.25, 0.3) is 0 Å². The first-order chi connectivity index (χ1) is 7.81. The van der Waals surface area contributed by atoms with Gasteiger partial charge in [0.1, 0.15) is 10.8 Å². The first-order valence-electron chi connectivity index (χ1n) is 4.98. The number of benzene rings is 1. The van der Waals surface area contributed by atoms with Crippen LogP contribution in [0.5, 0.6) is 5.75 Å². The van der Waals surface area contributed by atoms with Gasteiger partial charge in [0.15, 0.2) is 0 Å². The van der Waals surface area contributed by atoms with Gasteiger partial charge in [0.05, 0.1) is 11.9 Å². The number of nitrogens with one attached hydrogen (secondary N) is 2. The molecule has 0 unspecified atom stereocenters. The minimum absolute atomic E-state index is 0.0349.